The summed E-state index contributed by atoms with van der Waals surface area (Å²) in [5, 5.41) is 0.949. The molecule has 18 heavy (non-hydrogen) atoms. The Kier molecular flexibility index (Phi) is 4.67. The van der Waals surface area contributed by atoms with Crippen LogP contribution < -0.4 is 4.98 Å². The maximum Gasteiger partial charge on any atom is 0.142 e. The van der Waals surface area contributed by atoms with Crippen LogP contribution in [0.3, 0.4) is 0 Å². The Bertz CT molecular complexity index is 242. The topological polar surface area (TPSA) is 12.0 Å². The van der Waals surface area contributed by atoms with Crippen LogP contribution in [0.5, 0.6) is 0 Å². The van der Waals surface area contributed by atoms with Crippen molar-refractivity contribution in [3.8, 4) is 0 Å². The van der Waals surface area contributed by atoms with Crippen LogP contribution in [-0.2, 0) is 0 Å². The third kappa shape index (κ3) is 3.39. The molecule has 0 saturated heterocycles. The Morgan fingerprint density at radius 3 is 0.778 bits per heavy atom. The lowest BCUT2D eigenvalue weighted by molar-refractivity contribution is 0.426. The molecule has 0 heterocycles. The second kappa shape index (κ2) is 4.62. The van der Waals surface area contributed by atoms with Crippen molar-refractivity contribution in [1.82, 2.24) is 4.98 Å². The van der Waals surface area contributed by atoms with Gasteiger partial charge in [0.15, 0.2) is 0 Å². The molecule has 0 aliphatic heterocycles. The first-order valence-corrected chi connectivity index (χ1v) is 9.25. The smallest absolute Gasteiger partial charge is 0.142 e. The first kappa shape index (κ1) is 18.2. The van der Waals surface area contributed by atoms with Gasteiger partial charge in [0.25, 0.3) is 0 Å². The fraction of sp³-hybridized carbons (Fsp3) is 1.00. The molecular formula is C16H37NSi. The van der Waals surface area contributed by atoms with Gasteiger partial charge in [0.1, 0.15) is 8.24 Å². The molecule has 0 fully saturated rings. The lowest BCUT2D eigenvalue weighted by Gasteiger charge is -2.61. The van der Waals surface area contributed by atoms with Gasteiger partial charge < -0.3 is 4.98 Å². The molecule has 0 rings (SSSR count). The summed E-state index contributed by atoms with van der Waals surface area (Å²) in [5.74, 6) is 0. The average molecular weight is 272 g/mol. The van der Waals surface area contributed by atoms with Crippen LogP contribution in [0, 0.1) is 0 Å². The van der Waals surface area contributed by atoms with E-state index < -0.39 is 8.24 Å². The van der Waals surface area contributed by atoms with Crippen LogP contribution in [0.4, 0.5) is 0 Å². The summed E-state index contributed by atoms with van der Waals surface area (Å²) in [5.41, 5.74) is 0.167. The zero-order valence-electron chi connectivity index (χ0n) is 15.0. The van der Waals surface area contributed by atoms with Crippen LogP contribution in [0.1, 0.15) is 83.1 Å². The van der Waals surface area contributed by atoms with E-state index in [9.17, 15) is 0 Å². The Balaban J connectivity index is 6.10. The molecule has 0 atom stereocenters. The quantitative estimate of drug-likeness (QED) is 0.601. The maximum absolute atomic E-state index is 4.13. The minimum atomic E-state index is -1.79. The lowest BCUT2D eigenvalue weighted by Crippen LogP contribution is -2.72. The second-order valence-corrected chi connectivity index (χ2v) is 16.1. The summed E-state index contributed by atoms with van der Waals surface area (Å²) < 4.78 is 0. The Morgan fingerprint density at radius 1 is 0.500 bits per heavy atom. The summed E-state index contributed by atoms with van der Waals surface area (Å²) >= 11 is 0. The Hall–Kier alpha value is 0.177. The van der Waals surface area contributed by atoms with Crippen molar-refractivity contribution in [3.63, 3.8) is 0 Å². The zero-order chi connectivity index (χ0) is 15.2. The fourth-order valence-corrected chi connectivity index (χ4v) is 13.5. The Morgan fingerprint density at radius 2 is 0.722 bits per heavy atom. The van der Waals surface area contributed by atoms with Crippen molar-refractivity contribution in [2.75, 3.05) is 0 Å². The van der Waals surface area contributed by atoms with Gasteiger partial charge >= 0.3 is 0 Å². The van der Waals surface area contributed by atoms with E-state index in [-0.39, 0.29) is 5.54 Å². The average Bonchev–Trinajstić information content (AvgIpc) is 1.90. The van der Waals surface area contributed by atoms with E-state index in [4.69, 9.17) is 0 Å². The first-order chi connectivity index (χ1) is 7.46. The Labute approximate surface area is 117 Å². The van der Waals surface area contributed by atoms with Crippen molar-refractivity contribution in [3.05, 3.63) is 0 Å². The fourth-order valence-electron chi connectivity index (χ4n) is 4.50. The number of rotatable bonds is 1. The largest absolute Gasteiger partial charge is 0.331 e. The van der Waals surface area contributed by atoms with E-state index in [1.165, 1.54) is 0 Å². The molecule has 0 radical (unpaired) electrons. The van der Waals surface area contributed by atoms with Gasteiger partial charge in [-0.3, -0.25) is 0 Å². The third-order valence-corrected chi connectivity index (χ3v) is 11.8. The van der Waals surface area contributed by atoms with E-state index in [1.807, 2.05) is 0 Å². The molecule has 0 spiro atoms. The highest BCUT2D eigenvalue weighted by molar-refractivity contribution is 6.85. The SMILES string of the molecule is CC(C)(C)N[Si](C(C)(C)C)(C(C)(C)C)C(C)(C)C. The van der Waals surface area contributed by atoms with E-state index in [0.717, 1.165) is 0 Å². The van der Waals surface area contributed by atoms with Crippen LogP contribution in [-0.4, -0.2) is 13.8 Å². The van der Waals surface area contributed by atoms with E-state index >= 15 is 0 Å². The monoisotopic (exact) mass is 271 g/mol. The third-order valence-electron chi connectivity index (χ3n) is 3.94. The van der Waals surface area contributed by atoms with Crippen LogP contribution >= 0.6 is 0 Å². The molecule has 2 heteroatoms. The molecule has 0 aromatic carbocycles. The lowest BCUT2D eigenvalue weighted by atomic mass is 10.1. The molecule has 0 aromatic rings. The maximum atomic E-state index is 4.13. The van der Waals surface area contributed by atoms with Gasteiger partial charge in [-0.25, -0.2) is 0 Å². The predicted molar refractivity (Wildman–Crippen MR) is 87.8 cm³/mol. The van der Waals surface area contributed by atoms with Gasteiger partial charge in [0.2, 0.25) is 0 Å². The minimum absolute atomic E-state index is 0.167. The molecule has 0 aromatic heterocycles. The number of nitrogens with one attached hydrogen (secondary N) is 1. The van der Waals surface area contributed by atoms with Crippen LogP contribution in [0.2, 0.25) is 15.1 Å². The van der Waals surface area contributed by atoms with E-state index in [0.29, 0.717) is 15.1 Å². The van der Waals surface area contributed by atoms with Gasteiger partial charge in [-0.15, -0.1) is 0 Å². The summed E-state index contributed by atoms with van der Waals surface area (Å²) in [7, 11) is -1.79. The van der Waals surface area contributed by atoms with Crippen molar-refractivity contribution in [2.45, 2.75) is 104 Å². The molecule has 1 nitrogen and oxygen atoms in total. The molecule has 0 bridgehead atoms. The van der Waals surface area contributed by atoms with Gasteiger partial charge in [-0.05, 0) is 35.9 Å². The molecule has 1 N–H and O–H groups in total. The summed E-state index contributed by atoms with van der Waals surface area (Å²) in [6, 6.07) is 0. The summed E-state index contributed by atoms with van der Waals surface area (Å²) in [6.45, 7) is 28.7. The van der Waals surface area contributed by atoms with Gasteiger partial charge in [0.05, 0.1) is 0 Å². The van der Waals surface area contributed by atoms with Gasteiger partial charge in [0, 0.05) is 5.54 Å². The van der Waals surface area contributed by atoms with Crippen molar-refractivity contribution >= 4 is 8.24 Å². The van der Waals surface area contributed by atoms with Crippen molar-refractivity contribution in [1.29, 1.82) is 0 Å². The second-order valence-electron chi connectivity index (χ2n) is 9.88. The highest BCUT2D eigenvalue weighted by Gasteiger charge is 2.60. The summed E-state index contributed by atoms with van der Waals surface area (Å²) in [6.07, 6.45) is 0. The number of hydrogen-bond donors (Lipinski definition) is 1. The summed E-state index contributed by atoms with van der Waals surface area (Å²) in [4.78, 5) is 4.13. The van der Waals surface area contributed by atoms with E-state index in [2.05, 4.69) is 88.1 Å². The molecular weight excluding hydrogens is 234 g/mol. The van der Waals surface area contributed by atoms with Crippen LogP contribution in [0.25, 0.3) is 0 Å². The normalized spacial score (nSPS) is 16.0. The predicted octanol–water partition coefficient (Wildman–Crippen LogP) is 5.72. The molecule has 0 aliphatic rings. The minimum Gasteiger partial charge on any atom is -0.331 e. The standard InChI is InChI=1S/C16H37NSi/c1-13(2,3)17-18(14(4,5)6,15(7,8)9)16(10,11)12/h17H,1-12H3. The highest BCUT2D eigenvalue weighted by atomic mass is 28.3. The van der Waals surface area contributed by atoms with Crippen molar-refractivity contribution in [2.24, 2.45) is 0 Å². The molecule has 0 saturated carbocycles. The molecule has 0 unspecified atom stereocenters. The van der Waals surface area contributed by atoms with Gasteiger partial charge in [-0.1, -0.05) is 62.3 Å². The van der Waals surface area contributed by atoms with Gasteiger partial charge in [-0.2, -0.15) is 0 Å². The highest BCUT2D eigenvalue weighted by Crippen LogP contribution is 2.60. The van der Waals surface area contributed by atoms with Crippen molar-refractivity contribution < 1.29 is 0 Å². The van der Waals surface area contributed by atoms with Crippen LogP contribution in [0.15, 0.2) is 0 Å². The molecule has 110 valence electrons. The molecule has 0 aliphatic carbocycles. The zero-order valence-corrected chi connectivity index (χ0v) is 16.0. The molecule has 0 amide bonds. The first-order valence-electron chi connectivity index (χ1n) is 7.25. The van der Waals surface area contributed by atoms with E-state index in [1.54, 1.807) is 0 Å². The number of hydrogen-bond acceptors (Lipinski definition) is 1.